The first-order chi connectivity index (χ1) is 14.7. The third-order valence-corrected chi connectivity index (χ3v) is 5.28. The van der Waals surface area contributed by atoms with Gasteiger partial charge in [0.25, 0.3) is 0 Å². The lowest BCUT2D eigenvalue weighted by Gasteiger charge is -2.19. The predicted octanol–water partition coefficient (Wildman–Crippen LogP) is 4.48. The summed E-state index contributed by atoms with van der Waals surface area (Å²) in [7, 11) is 0. The van der Waals surface area contributed by atoms with Crippen molar-refractivity contribution in [3.8, 4) is 22.8 Å². The van der Waals surface area contributed by atoms with Crippen molar-refractivity contribution in [1.29, 1.82) is 0 Å². The van der Waals surface area contributed by atoms with Gasteiger partial charge in [-0.15, -0.1) is 10.2 Å². The minimum absolute atomic E-state index is 0.444. The summed E-state index contributed by atoms with van der Waals surface area (Å²) in [4.78, 5) is 17.1. The summed E-state index contributed by atoms with van der Waals surface area (Å²) in [5.41, 5.74) is 3.08. The number of hydrogen-bond donors (Lipinski definition) is 2. The van der Waals surface area contributed by atoms with Crippen LogP contribution in [-0.2, 0) is 4.79 Å². The fraction of sp³-hybridized carbons (Fsp3) is 0.318. The Balaban J connectivity index is 1.87. The summed E-state index contributed by atoms with van der Waals surface area (Å²) in [6.45, 7) is 2.14. The molecule has 154 valence electrons. The zero-order valence-electron chi connectivity index (χ0n) is 16.8. The molecule has 8 heteroatoms. The molecular weight excluding hydrogens is 380 g/mol. The van der Waals surface area contributed by atoms with Crippen LogP contribution in [0.2, 0.25) is 0 Å². The number of carbonyl (C=O) groups is 1. The van der Waals surface area contributed by atoms with Crippen LogP contribution < -0.4 is 0 Å². The third kappa shape index (κ3) is 3.80. The van der Waals surface area contributed by atoms with Crippen LogP contribution in [0, 0.1) is 0 Å². The molecule has 1 atom stereocenters. The number of aromatic amines is 1. The number of unbranched alkanes of at least 4 members (excludes halogenated alkanes) is 3. The van der Waals surface area contributed by atoms with E-state index in [1.54, 1.807) is 0 Å². The molecule has 2 aromatic heterocycles. The summed E-state index contributed by atoms with van der Waals surface area (Å²) in [5, 5.41) is 24.4. The van der Waals surface area contributed by atoms with Crippen LogP contribution in [0.5, 0.6) is 0 Å². The monoisotopic (exact) mass is 404 g/mol. The van der Waals surface area contributed by atoms with Crippen molar-refractivity contribution in [3.05, 3.63) is 48.5 Å². The normalized spacial score (nSPS) is 12.3. The van der Waals surface area contributed by atoms with Gasteiger partial charge < -0.3 is 9.67 Å². The number of nitrogens with one attached hydrogen (secondary N) is 1. The Kier molecular flexibility index (Phi) is 5.83. The maximum absolute atomic E-state index is 12.3. The first kappa shape index (κ1) is 19.8. The van der Waals surface area contributed by atoms with Crippen LogP contribution >= 0.6 is 0 Å². The lowest BCUT2D eigenvalue weighted by Crippen LogP contribution is -2.20. The molecule has 0 saturated heterocycles. The summed E-state index contributed by atoms with van der Waals surface area (Å²) < 4.78 is 1.85. The fourth-order valence-electron chi connectivity index (χ4n) is 3.83. The second-order valence-corrected chi connectivity index (χ2v) is 7.28. The molecule has 0 fully saturated rings. The van der Waals surface area contributed by atoms with Crippen molar-refractivity contribution in [2.24, 2.45) is 0 Å². The van der Waals surface area contributed by atoms with E-state index in [0.29, 0.717) is 18.1 Å². The van der Waals surface area contributed by atoms with Gasteiger partial charge in [-0.2, -0.15) is 5.21 Å². The molecule has 8 nitrogen and oxygen atoms in total. The third-order valence-electron chi connectivity index (χ3n) is 5.28. The average molecular weight is 404 g/mol. The largest absolute Gasteiger partial charge is 0.480 e. The summed E-state index contributed by atoms with van der Waals surface area (Å²) in [5.74, 6) is 0.187. The minimum atomic E-state index is -0.854. The highest BCUT2D eigenvalue weighted by atomic mass is 16.4. The number of fused-ring (bicyclic) bond motifs is 1. The lowest BCUT2D eigenvalue weighted by atomic mass is 10.0. The number of imidazole rings is 1. The van der Waals surface area contributed by atoms with Crippen molar-refractivity contribution < 1.29 is 9.90 Å². The van der Waals surface area contributed by atoms with Crippen molar-refractivity contribution in [2.45, 2.75) is 45.1 Å². The summed E-state index contributed by atoms with van der Waals surface area (Å²) in [6.07, 6.45) is 4.62. The summed E-state index contributed by atoms with van der Waals surface area (Å²) in [6, 6.07) is 14.5. The van der Waals surface area contributed by atoms with Gasteiger partial charge in [-0.1, -0.05) is 69.0 Å². The molecule has 0 aliphatic heterocycles. The van der Waals surface area contributed by atoms with E-state index in [2.05, 4.69) is 27.5 Å². The molecule has 4 aromatic rings. The minimum Gasteiger partial charge on any atom is -0.480 e. The standard InChI is InChI=1S/C22H24N6O2/c1-2-3-4-5-14-19(22(29)30)28-18-13-9-8-12-17(18)23-21(28)16-11-7-6-10-15(16)20-24-26-27-25-20/h6-13,19H,2-5,14H2,1H3,(H,29,30)(H,24,25,26,27). The van der Waals surface area contributed by atoms with Crippen LogP contribution in [-0.4, -0.2) is 41.3 Å². The molecule has 0 saturated carbocycles. The Morgan fingerprint density at radius 2 is 1.83 bits per heavy atom. The molecule has 0 spiro atoms. The second kappa shape index (κ2) is 8.86. The van der Waals surface area contributed by atoms with E-state index in [1.807, 2.05) is 53.1 Å². The van der Waals surface area contributed by atoms with Gasteiger partial charge in [0.2, 0.25) is 5.82 Å². The van der Waals surface area contributed by atoms with Gasteiger partial charge in [-0.3, -0.25) is 0 Å². The van der Waals surface area contributed by atoms with Gasteiger partial charge in [-0.25, -0.2) is 9.78 Å². The molecule has 0 aliphatic carbocycles. The van der Waals surface area contributed by atoms with Gasteiger partial charge >= 0.3 is 5.97 Å². The molecule has 0 radical (unpaired) electrons. The highest BCUT2D eigenvalue weighted by Crippen LogP contribution is 2.35. The van der Waals surface area contributed by atoms with Crippen molar-refractivity contribution in [2.75, 3.05) is 0 Å². The van der Waals surface area contributed by atoms with Crippen molar-refractivity contribution in [1.82, 2.24) is 30.2 Å². The fourth-order valence-corrected chi connectivity index (χ4v) is 3.83. The molecule has 30 heavy (non-hydrogen) atoms. The van der Waals surface area contributed by atoms with Crippen molar-refractivity contribution in [3.63, 3.8) is 0 Å². The van der Waals surface area contributed by atoms with Crippen LogP contribution in [0.25, 0.3) is 33.8 Å². The first-order valence-electron chi connectivity index (χ1n) is 10.2. The Hall–Kier alpha value is -3.55. The van der Waals surface area contributed by atoms with Gasteiger partial charge in [0.1, 0.15) is 11.9 Å². The Labute approximate surface area is 174 Å². The zero-order chi connectivity index (χ0) is 20.9. The molecule has 0 bridgehead atoms. The van der Waals surface area contributed by atoms with Gasteiger partial charge in [0.15, 0.2) is 0 Å². The van der Waals surface area contributed by atoms with Gasteiger partial charge in [0.05, 0.1) is 11.0 Å². The van der Waals surface area contributed by atoms with Crippen LogP contribution in [0.15, 0.2) is 48.5 Å². The van der Waals surface area contributed by atoms with E-state index in [-0.39, 0.29) is 0 Å². The number of aliphatic carboxylic acids is 1. The average Bonchev–Trinajstić information content (AvgIpc) is 3.42. The number of para-hydroxylation sites is 2. The molecule has 1 unspecified atom stereocenters. The SMILES string of the molecule is CCCCCCC(C(=O)O)n1c(-c2ccccc2-c2nn[nH]n2)nc2ccccc21. The van der Waals surface area contributed by atoms with E-state index in [9.17, 15) is 9.90 Å². The number of rotatable bonds is 9. The quantitative estimate of drug-likeness (QED) is 0.398. The number of nitrogens with zero attached hydrogens (tertiary/aromatic N) is 5. The lowest BCUT2D eigenvalue weighted by molar-refractivity contribution is -0.141. The molecule has 0 amide bonds. The highest BCUT2D eigenvalue weighted by molar-refractivity contribution is 5.87. The molecule has 2 N–H and O–H groups in total. The molecule has 2 aromatic carbocycles. The maximum Gasteiger partial charge on any atom is 0.326 e. The van der Waals surface area contributed by atoms with E-state index >= 15 is 0 Å². The predicted molar refractivity (Wildman–Crippen MR) is 114 cm³/mol. The van der Waals surface area contributed by atoms with Gasteiger partial charge in [0, 0.05) is 11.1 Å². The first-order valence-corrected chi connectivity index (χ1v) is 10.2. The number of carboxylic acid groups (broad SMARTS) is 1. The van der Waals surface area contributed by atoms with Crippen LogP contribution in [0.1, 0.15) is 45.1 Å². The van der Waals surface area contributed by atoms with E-state index in [1.165, 1.54) is 0 Å². The zero-order valence-corrected chi connectivity index (χ0v) is 16.8. The van der Waals surface area contributed by atoms with Crippen molar-refractivity contribution >= 4 is 17.0 Å². The molecular formula is C22H24N6O2. The number of H-pyrrole nitrogens is 1. The Morgan fingerprint density at radius 1 is 1.07 bits per heavy atom. The number of carboxylic acids is 1. The molecule has 4 rings (SSSR count). The maximum atomic E-state index is 12.3. The Morgan fingerprint density at radius 3 is 2.57 bits per heavy atom. The number of tetrazole rings is 1. The van der Waals surface area contributed by atoms with Gasteiger partial charge in [-0.05, 0) is 23.8 Å². The number of aromatic nitrogens is 6. The number of benzene rings is 2. The van der Waals surface area contributed by atoms with E-state index < -0.39 is 12.0 Å². The van der Waals surface area contributed by atoms with E-state index in [4.69, 9.17) is 4.98 Å². The molecule has 2 heterocycles. The van der Waals surface area contributed by atoms with E-state index in [0.717, 1.165) is 47.8 Å². The summed E-state index contributed by atoms with van der Waals surface area (Å²) >= 11 is 0. The van der Waals surface area contributed by atoms with Crippen LogP contribution in [0.4, 0.5) is 0 Å². The topological polar surface area (TPSA) is 110 Å². The second-order valence-electron chi connectivity index (χ2n) is 7.28. The number of hydrogen-bond acceptors (Lipinski definition) is 5. The molecule has 0 aliphatic rings. The Bertz CT molecular complexity index is 1140. The smallest absolute Gasteiger partial charge is 0.326 e. The highest BCUT2D eigenvalue weighted by Gasteiger charge is 2.27. The van der Waals surface area contributed by atoms with Crippen LogP contribution in [0.3, 0.4) is 0 Å².